The fraction of sp³-hybridized carbons (Fsp3) is 0.333. The van der Waals surface area contributed by atoms with E-state index in [1.165, 1.54) is 11.3 Å². The van der Waals surface area contributed by atoms with Crippen LogP contribution in [0, 0.1) is 0 Å². The zero-order valence-corrected chi connectivity index (χ0v) is 16.3. The molecule has 1 aromatic carbocycles. The Balaban J connectivity index is 1.76. The molecule has 0 saturated carbocycles. The van der Waals surface area contributed by atoms with Crippen LogP contribution in [0.25, 0.3) is 5.76 Å². The summed E-state index contributed by atoms with van der Waals surface area (Å²) in [5.41, 5.74) is 0.591. The molecule has 0 radical (unpaired) electrons. The number of likely N-dealkylation sites (tertiary alicyclic amines) is 1. The fourth-order valence-electron chi connectivity index (χ4n) is 3.72. The molecule has 2 saturated heterocycles. The Bertz CT molecular complexity index is 897. The number of carbonyl (C=O) groups excluding carboxylic acids is 2. The molecule has 28 heavy (non-hydrogen) atoms. The first-order valence-electron chi connectivity index (χ1n) is 9.18. The van der Waals surface area contributed by atoms with Crippen molar-refractivity contribution in [2.75, 3.05) is 20.3 Å². The first-order chi connectivity index (χ1) is 13.6. The second-order valence-corrected chi connectivity index (χ2v) is 7.81. The van der Waals surface area contributed by atoms with Crippen LogP contribution in [0.2, 0.25) is 0 Å². The average molecular weight is 399 g/mol. The fourth-order valence-corrected chi connectivity index (χ4v) is 4.57. The monoisotopic (exact) mass is 399 g/mol. The number of aliphatic hydroxyl groups excluding tert-OH is 1. The third-order valence-corrected chi connectivity index (χ3v) is 6.07. The van der Waals surface area contributed by atoms with Crippen molar-refractivity contribution in [1.29, 1.82) is 0 Å². The second kappa shape index (κ2) is 7.77. The summed E-state index contributed by atoms with van der Waals surface area (Å²) in [6.45, 7) is 1.01. The molecule has 7 heteroatoms. The molecular formula is C21H21NO5S. The summed E-state index contributed by atoms with van der Waals surface area (Å²) in [6, 6.07) is 9.91. The van der Waals surface area contributed by atoms with Crippen LogP contribution in [-0.4, -0.2) is 48.1 Å². The third-order valence-electron chi connectivity index (χ3n) is 5.14. The summed E-state index contributed by atoms with van der Waals surface area (Å²) in [5, 5.41) is 12.8. The molecule has 1 aromatic heterocycles. The van der Waals surface area contributed by atoms with Gasteiger partial charge in [-0.3, -0.25) is 9.59 Å². The maximum atomic E-state index is 12.9. The van der Waals surface area contributed by atoms with Gasteiger partial charge in [-0.2, -0.15) is 0 Å². The summed E-state index contributed by atoms with van der Waals surface area (Å²) >= 11 is 1.46. The molecular weight excluding hydrogens is 378 g/mol. The van der Waals surface area contributed by atoms with Crippen molar-refractivity contribution >= 4 is 28.8 Å². The zero-order valence-electron chi connectivity index (χ0n) is 15.5. The van der Waals surface area contributed by atoms with Gasteiger partial charge in [0.05, 0.1) is 24.8 Å². The lowest BCUT2D eigenvalue weighted by Gasteiger charge is -2.26. The van der Waals surface area contributed by atoms with E-state index >= 15 is 0 Å². The minimum Gasteiger partial charge on any atom is -0.507 e. The standard InChI is InChI=1S/C21H21NO5S/c1-26-14-8-6-13(7-9-14)19(23)17-18(16-5-3-11-28-16)22(21(25)20(17)24)12-15-4-2-10-27-15/h3,5-9,11,15,18,23H,2,4,10,12H2,1H3/t15-,18-/m1/s1. The predicted octanol–water partition coefficient (Wildman–Crippen LogP) is 3.36. The Morgan fingerprint density at radius 1 is 1.29 bits per heavy atom. The number of rotatable bonds is 5. The number of aliphatic hydroxyl groups is 1. The first kappa shape index (κ1) is 18.7. The number of ketones is 1. The molecule has 0 unspecified atom stereocenters. The van der Waals surface area contributed by atoms with E-state index in [-0.39, 0.29) is 17.4 Å². The molecule has 1 N–H and O–H groups in total. The number of carbonyl (C=O) groups is 2. The van der Waals surface area contributed by atoms with Crippen LogP contribution in [-0.2, 0) is 14.3 Å². The lowest BCUT2D eigenvalue weighted by atomic mass is 9.99. The molecule has 4 rings (SSSR count). The number of thiophene rings is 1. The van der Waals surface area contributed by atoms with Gasteiger partial charge >= 0.3 is 0 Å². The second-order valence-electron chi connectivity index (χ2n) is 6.83. The van der Waals surface area contributed by atoms with Gasteiger partial charge < -0.3 is 19.5 Å². The number of hydrogen-bond acceptors (Lipinski definition) is 6. The highest BCUT2D eigenvalue weighted by Crippen LogP contribution is 2.41. The number of ether oxygens (including phenoxy) is 2. The highest BCUT2D eigenvalue weighted by atomic mass is 32.1. The van der Waals surface area contributed by atoms with Crippen LogP contribution in [0.3, 0.4) is 0 Å². The van der Waals surface area contributed by atoms with Gasteiger partial charge in [-0.1, -0.05) is 6.07 Å². The summed E-state index contributed by atoms with van der Waals surface area (Å²) in [6.07, 6.45) is 1.73. The van der Waals surface area contributed by atoms with Crippen molar-refractivity contribution in [1.82, 2.24) is 4.90 Å². The number of amides is 1. The summed E-state index contributed by atoms with van der Waals surface area (Å²) in [5.74, 6) is -0.784. The highest BCUT2D eigenvalue weighted by molar-refractivity contribution is 7.10. The van der Waals surface area contributed by atoms with Crippen LogP contribution >= 0.6 is 11.3 Å². The van der Waals surface area contributed by atoms with Gasteiger partial charge in [0.25, 0.3) is 11.7 Å². The topological polar surface area (TPSA) is 76.1 Å². The molecule has 2 aromatic rings. The maximum Gasteiger partial charge on any atom is 0.295 e. The van der Waals surface area contributed by atoms with E-state index in [9.17, 15) is 14.7 Å². The molecule has 0 spiro atoms. The lowest BCUT2D eigenvalue weighted by molar-refractivity contribution is -0.140. The Morgan fingerprint density at radius 2 is 2.07 bits per heavy atom. The first-order valence-corrected chi connectivity index (χ1v) is 10.1. The Labute approximate surface area is 167 Å². The largest absolute Gasteiger partial charge is 0.507 e. The zero-order chi connectivity index (χ0) is 19.7. The minimum atomic E-state index is -0.662. The van der Waals surface area contributed by atoms with Gasteiger partial charge in [0.15, 0.2) is 0 Å². The molecule has 0 aliphatic carbocycles. The van der Waals surface area contributed by atoms with Crippen molar-refractivity contribution in [2.45, 2.75) is 25.0 Å². The average Bonchev–Trinajstić information content (AvgIpc) is 3.46. The minimum absolute atomic E-state index is 0.0818. The maximum absolute atomic E-state index is 12.9. The van der Waals surface area contributed by atoms with Crippen molar-refractivity contribution in [3.8, 4) is 5.75 Å². The van der Waals surface area contributed by atoms with Gasteiger partial charge in [0.1, 0.15) is 11.5 Å². The van der Waals surface area contributed by atoms with Crippen LogP contribution in [0.1, 0.15) is 29.3 Å². The number of Topliss-reactive ketones (excluding diaryl/α,β-unsaturated/α-hetero) is 1. The number of hydrogen-bond donors (Lipinski definition) is 1. The molecule has 2 fully saturated rings. The molecule has 3 heterocycles. The van der Waals surface area contributed by atoms with Gasteiger partial charge in [0.2, 0.25) is 0 Å². The van der Waals surface area contributed by atoms with Crippen molar-refractivity contribution in [3.05, 3.63) is 57.8 Å². The Morgan fingerprint density at radius 3 is 2.68 bits per heavy atom. The van der Waals surface area contributed by atoms with Crippen LogP contribution in [0.5, 0.6) is 5.75 Å². The van der Waals surface area contributed by atoms with Crippen LogP contribution in [0.4, 0.5) is 0 Å². The van der Waals surface area contributed by atoms with Gasteiger partial charge in [-0.15, -0.1) is 11.3 Å². The molecule has 2 aliphatic rings. The van der Waals surface area contributed by atoms with Crippen LogP contribution in [0.15, 0.2) is 47.4 Å². The summed E-state index contributed by atoms with van der Waals surface area (Å²) < 4.78 is 10.8. The molecule has 146 valence electrons. The van der Waals surface area contributed by atoms with Gasteiger partial charge in [-0.05, 0) is 48.6 Å². The number of nitrogens with zero attached hydrogens (tertiary/aromatic N) is 1. The number of methoxy groups -OCH3 is 1. The normalized spacial score (nSPS) is 24.1. The molecule has 1 amide bonds. The van der Waals surface area contributed by atoms with Crippen molar-refractivity contribution in [2.24, 2.45) is 0 Å². The lowest BCUT2D eigenvalue weighted by Crippen LogP contribution is -2.36. The summed E-state index contributed by atoms with van der Waals surface area (Å²) in [4.78, 5) is 28.0. The van der Waals surface area contributed by atoms with Crippen LogP contribution < -0.4 is 4.74 Å². The van der Waals surface area contributed by atoms with E-state index in [4.69, 9.17) is 9.47 Å². The van der Waals surface area contributed by atoms with E-state index in [1.807, 2.05) is 17.5 Å². The number of benzene rings is 1. The molecule has 0 bridgehead atoms. The van der Waals surface area contributed by atoms with Gasteiger partial charge in [-0.25, -0.2) is 0 Å². The third kappa shape index (κ3) is 3.31. The van der Waals surface area contributed by atoms with Gasteiger partial charge in [0, 0.05) is 23.6 Å². The Kier molecular flexibility index (Phi) is 5.19. The predicted molar refractivity (Wildman–Crippen MR) is 105 cm³/mol. The molecule has 2 atom stereocenters. The SMILES string of the molecule is COc1ccc(C(O)=C2C(=O)C(=O)N(C[C@H]3CCCO3)[C@@H]2c2cccs2)cc1. The van der Waals surface area contributed by atoms with Crippen molar-refractivity contribution < 1.29 is 24.2 Å². The highest BCUT2D eigenvalue weighted by Gasteiger charge is 2.47. The quantitative estimate of drug-likeness (QED) is 0.474. The molecule has 2 aliphatic heterocycles. The van der Waals surface area contributed by atoms with E-state index in [0.29, 0.717) is 24.5 Å². The van der Waals surface area contributed by atoms with Crippen molar-refractivity contribution in [3.63, 3.8) is 0 Å². The van der Waals surface area contributed by atoms with E-state index in [1.54, 1.807) is 36.3 Å². The van der Waals surface area contributed by atoms with E-state index in [0.717, 1.165) is 17.7 Å². The van der Waals surface area contributed by atoms with E-state index in [2.05, 4.69) is 0 Å². The van der Waals surface area contributed by atoms with E-state index < -0.39 is 17.7 Å². The smallest absolute Gasteiger partial charge is 0.295 e. The summed E-state index contributed by atoms with van der Waals surface area (Å²) in [7, 11) is 1.56. The Hall–Kier alpha value is -2.64. The molecule has 6 nitrogen and oxygen atoms in total.